The third-order valence-corrected chi connectivity index (χ3v) is 5.09. The number of amides is 1. The molecule has 0 aromatic carbocycles. The third kappa shape index (κ3) is 8.85. The van der Waals surface area contributed by atoms with Gasteiger partial charge in [-0.25, -0.2) is 0 Å². The van der Waals surface area contributed by atoms with Crippen molar-refractivity contribution in [2.24, 2.45) is 17.0 Å². The van der Waals surface area contributed by atoms with Crippen molar-refractivity contribution in [3.63, 3.8) is 0 Å². The number of carbonyl (C=O) groups excluding carboxylic acids is 2. The van der Waals surface area contributed by atoms with E-state index in [4.69, 9.17) is 29.2 Å². The van der Waals surface area contributed by atoms with E-state index in [1.807, 2.05) is 13.8 Å². The number of carbonyl (C=O) groups is 2. The zero-order chi connectivity index (χ0) is 22.6. The molecule has 2 unspecified atom stereocenters. The smallest absolute Gasteiger partial charge is 0.302 e. The normalized spacial score (nSPS) is 28.4. The molecule has 1 N–H and O–H groups in total. The van der Waals surface area contributed by atoms with Crippen molar-refractivity contribution in [2.75, 3.05) is 46.2 Å². The van der Waals surface area contributed by atoms with Crippen molar-refractivity contribution in [2.45, 2.75) is 52.6 Å². The number of nitrogens with zero attached hydrogens (tertiary/aromatic N) is 3. The molecule has 1 heterocycles. The molecule has 5 atom stereocenters. The number of rotatable bonds is 13. The van der Waals surface area contributed by atoms with E-state index in [-0.39, 0.29) is 55.6 Å². The molecule has 11 heteroatoms. The minimum Gasteiger partial charge on any atom is -0.463 e. The Morgan fingerprint density at radius 2 is 1.73 bits per heavy atom. The molecule has 0 aromatic heterocycles. The summed E-state index contributed by atoms with van der Waals surface area (Å²) < 4.78 is 28.0. The fourth-order valence-electron chi connectivity index (χ4n) is 3.37. The van der Waals surface area contributed by atoms with E-state index >= 15 is 0 Å². The lowest BCUT2D eigenvalue weighted by Crippen LogP contribution is -2.65. The van der Waals surface area contributed by atoms with E-state index in [1.54, 1.807) is 6.92 Å². The number of ether oxygens (including phenoxy) is 5. The molecule has 30 heavy (non-hydrogen) atoms. The Bertz CT molecular complexity index is 597. The van der Waals surface area contributed by atoms with Crippen LogP contribution >= 0.6 is 0 Å². The van der Waals surface area contributed by atoms with Crippen LogP contribution in [0.4, 0.5) is 0 Å². The lowest BCUT2D eigenvalue weighted by molar-refractivity contribution is -0.311. The Kier molecular flexibility index (Phi) is 11.7. The van der Waals surface area contributed by atoms with Gasteiger partial charge >= 0.3 is 5.97 Å². The summed E-state index contributed by atoms with van der Waals surface area (Å²) in [6, 6.07) is -0.373. The van der Waals surface area contributed by atoms with Gasteiger partial charge in [0.1, 0.15) is 6.61 Å². The first-order valence-electron chi connectivity index (χ1n) is 10.1. The maximum atomic E-state index is 11.7. The van der Waals surface area contributed by atoms with E-state index in [2.05, 4.69) is 15.3 Å². The van der Waals surface area contributed by atoms with Gasteiger partial charge in [-0.1, -0.05) is 19.0 Å². The second kappa shape index (κ2) is 13.4. The van der Waals surface area contributed by atoms with Crippen molar-refractivity contribution < 1.29 is 33.3 Å². The summed E-state index contributed by atoms with van der Waals surface area (Å²) in [7, 11) is 0. The third-order valence-electron chi connectivity index (χ3n) is 5.09. The Labute approximate surface area is 177 Å². The molecule has 1 aliphatic rings. The van der Waals surface area contributed by atoms with Crippen molar-refractivity contribution in [3.8, 4) is 0 Å². The largest absolute Gasteiger partial charge is 0.463 e. The van der Waals surface area contributed by atoms with Gasteiger partial charge in [0.05, 0.1) is 45.2 Å². The van der Waals surface area contributed by atoms with Crippen LogP contribution in [0.5, 0.6) is 0 Å². The highest BCUT2D eigenvalue weighted by Gasteiger charge is 2.50. The summed E-state index contributed by atoms with van der Waals surface area (Å²) >= 11 is 0. The van der Waals surface area contributed by atoms with Crippen molar-refractivity contribution in [3.05, 3.63) is 10.4 Å². The molecule has 1 rings (SSSR count). The van der Waals surface area contributed by atoms with Crippen LogP contribution in [0.15, 0.2) is 5.11 Å². The van der Waals surface area contributed by atoms with Crippen LogP contribution in [0.3, 0.4) is 0 Å². The van der Waals surface area contributed by atoms with Gasteiger partial charge in [-0.2, -0.15) is 0 Å². The zero-order valence-electron chi connectivity index (χ0n) is 18.5. The molecule has 11 nitrogen and oxygen atoms in total. The van der Waals surface area contributed by atoms with E-state index in [0.717, 1.165) is 0 Å². The van der Waals surface area contributed by atoms with Crippen LogP contribution in [0.1, 0.15) is 34.6 Å². The highest BCUT2D eigenvalue weighted by Crippen LogP contribution is 2.38. The molecule has 0 bridgehead atoms. The lowest BCUT2D eigenvalue weighted by atomic mass is 9.78. The minimum absolute atomic E-state index is 0.0265. The van der Waals surface area contributed by atoms with Crippen LogP contribution in [0.25, 0.3) is 10.4 Å². The first kappa shape index (κ1) is 26.1. The number of nitrogens with one attached hydrogen (secondary N) is 1. The quantitative estimate of drug-likeness (QED) is 0.154. The van der Waals surface area contributed by atoms with Gasteiger partial charge in [0.2, 0.25) is 5.91 Å². The Morgan fingerprint density at radius 3 is 2.33 bits per heavy atom. The molecule has 0 saturated carbocycles. The average Bonchev–Trinajstić information content (AvgIpc) is 2.68. The van der Waals surface area contributed by atoms with Gasteiger partial charge in [-0.05, 0) is 24.3 Å². The molecule has 0 aromatic rings. The van der Waals surface area contributed by atoms with Gasteiger partial charge in [0.15, 0.2) is 5.79 Å². The van der Waals surface area contributed by atoms with Gasteiger partial charge in [0, 0.05) is 25.3 Å². The number of hydrogen-bond acceptors (Lipinski definition) is 8. The van der Waals surface area contributed by atoms with Crippen molar-refractivity contribution in [1.82, 2.24) is 5.32 Å². The Hall–Kier alpha value is -1.91. The summed E-state index contributed by atoms with van der Waals surface area (Å²) in [5, 5.41) is 6.30. The molecule has 1 aliphatic heterocycles. The van der Waals surface area contributed by atoms with E-state index in [0.29, 0.717) is 26.4 Å². The van der Waals surface area contributed by atoms with Gasteiger partial charge in [0.25, 0.3) is 0 Å². The zero-order valence-corrected chi connectivity index (χ0v) is 18.5. The fourth-order valence-corrected chi connectivity index (χ4v) is 3.37. The van der Waals surface area contributed by atoms with Gasteiger partial charge in [-0.15, -0.1) is 0 Å². The lowest BCUT2D eigenvalue weighted by Gasteiger charge is -2.50. The monoisotopic (exact) mass is 430 g/mol. The van der Waals surface area contributed by atoms with Crippen LogP contribution in [-0.2, 0) is 33.3 Å². The molecular weight excluding hydrogens is 396 g/mol. The topological polar surface area (TPSA) is 141 Å². The molecule has 1 saturated heterocycles. The molecule has 1 fully saturated rings. The first-order valence-corrected chi connectivity index (χ1v) is 10.1. The second-order valence-electron chi connectivity index (χ2n) is 7.40. The van der Waals surface area contributed by atoms with Gasteiger partial charge in [-0.3, -0.25) is 9.59 Å². The second-order valence-corrected chi connectivity index (χ2v) is 7.40. The van der Waals surface area contributed by atoms with E-state index in [9.17, 15) is 9.59 Å². The SMILES string of the molecule is CC(=O)NC1[C@@H](C)[C@@H](C)C(COC(C)=O)O[C@]1(C)OCCOCCOCCN=[N+]=[N-]. The maximum Gasteiger partial charge on any atom is 0.302 e. The Balaban J connectivity index is 2.56. The molecule has 0 aliphatic carbocycles. The molecular formula is C19H34N4O7. The molecule has 0 radical (unpaired) electrons. The fraction of sp³-hybridized carbons (Fsp3) is 0.895. The maximum absolute atomic E-state index is 11.7. The highest BCUT2D eigenvalue weighted by atomic mass is 16.7. The molecule has 0 spiro atoms. The standard InChI is InChI=1S/C19H34N4O7/c1-13-14(2)18(22-15(3)24)19(5,30-17(13)12-28-16(4)25)29-11-10-27-9-8-26-7-6-21-23-20/h13-14,17-18H,6-12H2,1-5H3,(H,22,24)/t13-,14+,17?,18?,19+/m1/s1. The summed E-state index contributed by atoms with van der Waals surface area (Å²) in [4.78, 5) is 25.6. The van der Waals surface area contributed by atoms with Crippen LogP contribution in [-0.4, -0.2) is 76.0 Å². The summed E-state index contributed by atoms with van der Waals surface area (Å²) in [5.41, 5.74) is 8.17. The highest BCUT2D eigenvalue weighted by molar-refractivity contribution is 5.73. The predicted molar refractivity (Wildman–Crippen MR) is 107 cm³/mol. The predicted octanol–water partition coefficient (Wildman–Crippen LogP) is 1.80. The van der Waals surface area contributed by atoms with Crippen molar-refractivity contribution in [1.29, 1.82) is 0 Å². The minimum atomic E-state index is -1.10. The van der Waals surface area contributed by atoms with Crippen LogP contribution in [0, 0.1) is 11.8 Å². The van der Waals surface area contributed by atoms with Crippen molar-refractivity contribution >= 4 is 11.9 Å². The summed E-state index contributed by atoms with van der Waals surface area (Å²) in [6.45, 7) is 10.6. The average molecular weight is 431 g/mol. The van der Waals surface area contributed by atoms with Crippen LogP contribution in [0.2, 0.25) is 0 Å². The molecule has 172 valence electrons. The Morgan fingerprint density at radius 1 is 1.10 bits per heavy atom. The summed E-state index contributed by atoms with van der Waals surface area (Å²) in [5.74, 6) is -1.59. The first-order chi connectivity index (χ1) is 14.2. The molecule has 1 amide bonds. The number of hydrogen-bond donors (Lipinski definition) is 1. The number of esters is 1. The number of azide groups is 1. The van der Waals surface area contributed by atoms with E-state index < -0.39 is 5.79 Å². The van der Waals surface area contributed by atoms with Crippen LogP contribution < -0.4 is 5.32 Å². The summed E-state index contributed by atoms with van der Waals surface area (Å²) in [6.07, 6.45) is -0.357. The van der Waals surface area contributed by atoms with E-state index in [1.165, 1.54) is 13.8 Å². The van der Waals surface area contributed by atoms with Gasteiger partial charge < -0.3 is 29.0 Å².